The van der Waals surface area contributed by atoms with Gasteiger partial charge in [0.15, 0.2) is 0 Å². The van der Waals surface area contributed by atoms with Crippen LogP contribution in [-0.2, 0) is 6.18 Å². The van der Waals surface area contributed by atoms with E-state index < -0.39 is 23.6 Å². The van der Waals surface area contributed by atoms with E-state index in [1.165, 1.54) is 23.7 Å². The van der Waals surface area contributed by atoms with Gasteiger partial charge in [-0.15, -0.1) is 11.3 Å². The van der Waals surface area contributed by atoms with Crippen LogP contribution in [0.25, 0.3) is 10.2 Å². The molecule has 13 heteroatoms. The quantitative estimate of drug-likeness (QED) is 0.284. The minimum Gasteiger partial charge on any atom is -0.382 e. The Morgan fingerprint density at radius 3 is 2.59 bits per heavy atom. The van der Waals surface area contributed by atoms with E-state index in [2.05, 4.69) is 20.6 Å². The van der Waals surface area contributed by atoms with Crippen LogP contribution in [0.15, 0.2) is 48.1 Å². The van der Waals surface area contributed by atoms with Crippen molar-refractivity contribution >= 4 is 56.2 Å². The standard InChI is InChI=1S/C28H28F3N7O2S/c1-15-4-5-18(11-22(15)36-27(40)21-13-41-24-23(21)33-14-34-25(24)32)35-26(39)16-8-17(28(29,30)31)10-20(9-16)38-7-6-19(12-38)37(2)3/h4-5,8-11,13-14,19H,6-7,12H2,1-3H3,(H,35,39)(H,36,40)(H2,32,33,34)/t19-/m1/s1. The van der Waals surface area contributed by atoms with Gasteiger partial charge < -0.3 is 26.2 Å². The zero-order valence-corrected chi connectivity index (χ0v) is 23.4. The number of thiophene rings is 1. The molecule has 214 valence electrons. The fourth-order valence-electron chi connectivity index (χ4n) is 4.74. The van der Waals surface area contributed by atoms with Crippen LogP contribution in [0.3, 0.4) is 0 Å². The van der Waals surface area contributed by atoms with Crippen molar-refractivity contribution in [2.24, 2.45) is 0 Å². The number of halogens is 3. The molecule has 1 fully saturated rings. The molecule has 1 saturated heterocycles. The van der Waals surface area contributed by atoms with Crippen LogP contribution in [0.2, 0.25) is 0 Å². The van der Waals surface area contributed by atoms with Crippen molar-refractivity contribution < 1.29 is 22.8 Å². The number of fused-ring (bicyclic) bond motifs is 1. The number of nitrogens with one attached hydrogen (secondary N) is 2. The van der Waals surface area contributed by atoms with Crippen LogP contribution in [0.4, 0.5) is 36.1 Å². The van der Waals surface area contributed by atoms with E-state index in [9.17, 15) is 22.8 Å². The van der Waals surface area contributed by atoms with E-state index >= 15 is 0 Å². The van der Waals surface area contributed by atoms with Gasteiger partial charge in [-0.1, -0.05) is 6.07 Å². The van der Waals surface area contributed by atoms with Crippen molar-refractivity contribution in [2.45, 2.75) is 25.6 Å². The molecular weight excluding hydrogens is 555 g/mol. The highest BCUT2D eigenvalue weighted by Gasteiger charge is 2.33. The summed E-state index contributed by atoms with van der Waals surface area (Å²) in [5, 5.41) is 7.13. The SMILES string of the molecule is Cc1ccc(NC(=O)c2cc(N3CC[C@@H](N(C)C)C3)cc(C(F)(F)F)c2)cc1NC(=O)c1csc2c(N)ncnc12. The highest BCUT2D eigenvalue weighted by Crippen LogP contribution is 2.35. The van der Waals surface area contributed by atoms with Gasteiger partial charge in [-0.25, -0.2) is 9.97 Å². The molecule has 0 spiro atoms. The van der Waals surface area contributed by atoms with Crippen LogP contribution >= 0.6 is 11.3 Å². The first-order chi connectivity index (χ1) is 19.4. The Balaban J connectivity index is 1.38. The molecule has 1 atom stereocenters. The molecule has 4 aromatic rings. The molecule has 2 amide bonds. The second-order valence-corrected chi connectivity index (χ2v) is 11.0. The predicted molar refractivity (Wildman–Crippen MR) is 155 cm³/mol. The van der Waals surface area contributed by atoms with Crippen molar-refractivity contribution in [3.63, 3.8) is 0 Å². The number of nitrogens with two attached hydrogens (primary N) is 1. The highest BCUT2D eigenvalue weighted by atomic mass is 32.1. The summed E-state index contributed by atoms with van der Waals surface area (Å²) < 4.78 is 41.9. The van der Waals surface area contributed by atoms with E-state index in [-0.39, 0.29) is 17.4 Å². The van der Waals surface area contributed by atoms with E-state index in [1.54, 1.807) is 30.5 Å². The van der Waals surface area contributed by atoms with Gasteiger partial charge in [-0.3, -0.25) is 9.59 Å². The fourth-order valence-corrected chi connectivity index (χ4v) is 5.65. The lowest BCUT2D eigenvalue weighted by Gasteiger charge is -2.23. The number of likely N-dealkylation sites (N-methyl/N-ethyl adjacent to an activating group) is 1. The average Bonchev–Trinajstić information content (AvgIpc) is 3.59. The maximum Gasteiger partial charge on any atom is 0.416 e. The third kappa shape index (κ3) is 5.95. The zero-order chi connectivity index (χ0) is 29.5. The first-order valence-corrected chi connectivity index (χ1v) is 13.6. The second kappa shape index (κ2) is 11.0. The number of aryl methyl sites for hydroxylation is 1. The third-order valence-electron chi connectivity index (χ3n) is 7.14. The number of nitrogens with zero attached hydrogens (tertiary/aromatic N) is 4. The minimum absolute atomic E-state index is 0.115. The number of hydrogen-bond donors (Lipinski definition) is 3. The summed E-state index contributed by atoms with van der Waals surface area (Å²) >= 11 is 1.25. The van der Waals surface area contributed by atoms with Gasteiger partial charge in [0.25, 0.3) is 11.8 Å². The fraction of sp³-hybridized carbons (Fsp3) is 0.286. The zero-order valence-electron chi connectivity index (χ0n) is 22.5. The topological polar surface area (TPSA) is 116 Å². The summed E-state index contributed by atoms with van der Waals surface area (Å²) in [7, 11) is 3.87. The van der Waals surface area contributed by atoms with Crippen LogP contribution in [0.5, 0.6) is 0 Å². The molecule has 3 heterocycles. The Hall–Kier alpha value is -4.23. The summed E-state index contributed by atoms with van der Waals surface area (Å²) in [4.78, 5) is 38.3. The lowest BCUT2D eigenvalue weighted by molar-refractivity contribution is -0.137. The van der Waals surface area contributed by atoms with Gasteiger partial charge in [-0.05, 0) is 63.3 Å². The molecule has 5 rings (SSSR count). The molecule has 0 aliphatic carbocycles. The number of rotatable bonds is 6. The minimum atomic E-state index is -4.62. The average molecular weight is 584 g/mol. The maximum atomic E-state index is 13.8. The molecule has 9 nitrogen and oxygen atoms in total. The molecule has 0 unspecified atom stereocenters. The Morgan fingerprint density at radius 2 is 1.88 bits per heavy atom. The van der Waals surface area contributed by atoms with Crippen LogP contribution in [0, 0.1) is 6.92 Å². The number of aromatic nitrogens is 2. The normalized spacial score (nSPS) is 15.5. The number of hydrogen-bond acceptors (Lipinski definition) is 8. The number of nitrogen functional groups attached to an aromatic ring is 1. The first kappa shape index (κ1) is 28.3. The largest absolute Gasteiger partial charge is 0.416 e. The van der Waals surface area contributed by atoms with Crippen LogP contribution in [-0.4, -0.2) is 59.9 Å². The van der Waals surface area contributed by atoms with Crippen molar-refractivity contribution in [1.29, 1.82) is 0 Å². The van der Waals surface area contributed by atoms with Crippen molar-refractivity contribution in [3.05, 3.63) is 70.4 Å². The Morgan fingerprint density at radius 1 is 1.10 bits per heavy atom. The molecule has 41 heavy (non-hydrogen) atoms. The highest BCUT2D eigenvalue weighted by molar-refractivity contribution is 7.18. The maximum absolute atomic E-state index is 13.8. The van der Waals surface area contributed by atoms with Crippen molar-refractivity contribution in [1.82, 2.24) is 14.9 Å². The smallest absolute Gasteiger partial charge is 0.382 e. The van der Waals surface area contributed by atoms with Crippen molar-refractivity contribution in [3.8, 4) is 0 Å². The van der Waals surface area contributed by atoms with Crippen molar-refractivity contribution in [2.75, 3.05) is 48.5 Å². The molecule has 4 N–H and O–H groups in total. The summed E-state index contributed by atoms with van der Waals surface area (Å²) in [5.41, 5.74) is 7.42. The molecule has 1 aliphatic rings. The molecule has 0 bridgehead atoms. The molecular formula is C28H28F3N7O2S. The van der Waals surface area contributed by atoms with E-state index in [1.807, 2.05) is 23.9 Å². The second-order valence-electron chi connectivity index (χ2n) is 10.1. The lowest BCUT2D eigenvalue weighted by Crippen LogP contribution is -2.31. The molecule has 2 aromatic heterocycles. The Labute approximate surface area is 238 Å². The Kier molecular flexibility index (Phi) is 7.58. The van der Waals surface area contributed by atoms with E-state index in [0.29, 0.717) is 45.9 Å². The lowest BCUT2D eigenvalue weighted by atomic mass is 10.1. The van der Waals surface area contributed by atoms with E-state index in [4.69, 9.17) is 5.73 Å². The van der Waals surface area contributed by atoms with Gasteiger partial charge in [0.1, 0.15) is 12.1 Å². The van der Waals surface area contributed by atoms with Gasteiger partial charge in [0.2, 0.25) is 0 Å². The monoisotopic (exact) mass is 583 g/mol. The van der Waals surface area contributed by atoms with Crippen LogP contribution < -0.4 is 21.3 Å². The summed E-state index contributed by atoms with van der Waals surface area (Å²) in [5.74, 6) is -0.845. The number of carbonyl (C=O) groups excluding carboxylic acids is 2. The Bertz CT molecular complexity index is 1640. The summed E-state index contributed by atoms with van der Waals surface area (Å²) in [6.07, 6.45) is -2.52. The summed E-state index contributed by atoms with van der Waals surface area (Å²) in [6.45, 7) is 2.93. The number of amides is 2. The molecule has 0 saturated carbocycles. The van der Waals surface area contributed by atoms with Gasteiger partial charge in [-0.2, -0.15) is 13.2 Å². The third-order valence-corrected chi connectivity index (χ3v) is 8.13. The number of benzene rings is 2. The van der Waals surface area contributed by atoms with Gasteiger partial charge in [0.05, 0.1) is 21.3 Å². The molecule has 1 aliphatic heterocycles. The predicted octanol–water partition coefficient (Wildman–Crippen LogP) is 5.25. The van der Waals surface area contributed by atoms with Crippen LogP contribution in [0.1, 0.15) is 38.3 Å². The van der Waals surface area contributed by atoms with Gasteiger partial charge >= 0.3 is 6.18 Å². The van der Waals surface area contributed by atoms with Gasteiger partial charge in [0, 0.05) is 47.1 Å². The number of carbonyl (C=O) groups is 2. The molecule has 0 radical (unpaired) electrons. The van der Waals surface area contributed by atoms with E-state index in [0.717, 1.165) is 24.1 Å². The summed E-state index contributed by atoms with van der Waals surface area (Å²) in [6, 6.07) is 8.49. The molecule has 2 aromatic carbocycles. The number of anilines is 4. The number of alkyl halides is 3. The first-order valence-electron chi connectivity index (χ1n) is 12.8.